The summed E-state index contributed by atoms with van der Waals surface area (Å²) in [6, 6.07) is 25.6. The molecule has 0 spiro atoms. The van der Waals surface area contributed by atoms with Crippen LogP contribution in [0.3, 0.4) is 0 Å². The lowest BCUT2D eigenvalue weighted by Gasteiger charge is -2.10. The molecule has 0 aliphatic heterocycles. The van der Waals surface area contributed by atoms with Crippen LogP contribution < -0.4 is 5.56 Å². The predicted molar refractivity (Wildman–Crippen MR) is 105 cm³/mol. The number of aromatic nitrogens is 2. The van der Waals surface area contributed by atoms with E-state index in [0.29, 0.717) is 6.54 Å². The topological polar surface area (TPSA) is 34.9 Å². The Morgan fingerprint density at radius 1 is 0.840 bits per heavy atom. The van der Waals surface area contributed by atoms with Crippen LogP contribution in [0.25, 0.3) is 22.0 Å². The van der Waals surface area contributed by atoms with E-state index in [2.05, 4.69) is 39.2 Å². The molecule has 0 unspecified atom stereocenters. The van der Waals surface area contributed by atoms with Gasteiger partial charge >= 0.3 is 0 Å². The third-order valence-corrected chi connectivity index (χ3v) is 4.74. The lowest BCUT2D eigenvalue weighted by atomic mass is 10.0. The van der Waals surface area contributed by atoms with E-state index in [1.807, 2.05) is 48.5 Å². The molecule has 0 aliphatic rings. The number of nitrogens with zero attached hydrogens (tertiary/aromatic N) is 2. The maximum Gasteiger partial charge on any atom is 0.267 e. The van der Waals surface area contributed by atoms with Crippen LogP contribution in [0.1, 0.15) is 5.56 Å². The highest BCUT2D eigenvalue weighted by Crippen LogP contribution is 2.21. The van der Waals surface area contributed by atoms with Crippen LogP contribution in [0.2, 0.25) is 0 Å². The van der Waals surface area contributed by atoms with Gasteiger partial charge in [0.2, 0.25) is 0 Å². The van der Waals surface area contributed by atoms with E-state index < -0.39 is 0 Å². The third kappa shape index (κ3) is 3.26. The largest absolute Gasteiger partial charge is 0.268 e. The number of fused-ring (bicyclic) bond motifs is 1. The molecule has 1 heterocycles. The van der Waals surface area contributed by atoms with Gasteiger partial charge in [0.1, 0.15) is 0 Å². The first kappa shape index (κ1) is 15.8. The van der Waals surface area contributed by atoms with Gasteiger partial charge in [0, 0.05) is 16.1 Å². The molecule has 1 aromatic heterocycles. The summed E-state index contributed by atoms with van der Waals surface area (Å²) in [7, 11) is 0. The number of benzene rings is 3. The minimum atomic E-state index is -0.103. The maximum absolute atomic E-state index is 12.3. The molecule has 4 aromatic rings. The van der Waals surface area contributed by atoms with Crippen molar-refractivity contribution in [3.63, 3.8) is 0 Å². The van der Waals surface area contributed by atoms with Gasteiger partial charge in [0.15, 0.2) is 0 Å². The molecular formula is C21H15BrN2O. The summed E-state index contributed by atoms with van der Waals surface area (Å²) in [5.41, 5.74) is 2.75. The Morgan fingerprint density at radius 2 is 1.60 bits per heavy atom. The fourth-order valence-electron chi connectivity index (χ4n) is 2.93. The van der Waals surface area contributed by atoms with Crippen LogP contribution in [0.15, 0.2) is 88.1 Å². The van der Waals surface area contributed by atoms with Crippen molar-refractivity contribution in [1.29, 1.82) is 0 Å². The minimum absolute atomic E-state index is 0.103. The average Bonchev–Trinajstić information content (AvgIpc) is 2.64. The van der Waals surface area contributed by atoms with Gasteiger partial charge in [-0.15, -0.1) is 0 Å². The Labute approximate surface area is 153 Å². The van der Waals surface area contributed by atoms with Crippen molar-refractivity contribution >= 4 is 26.7 Å². The Bertz CT molecular complexity index is 1100. The molecule has 0 bridgehead atoms. The highest BCUT2D eigenvalue weighted by Gasteiger charge is 2.06. The molecule has 3 aromatic carbocycles. The number of hydrogen-bond acceptors (Lipinski definition) is 2. The van der Waals surface area contributed by atoms with Crippen LogP contribution in [0.4, 0.5) is 0 Å². The lowest BCUT2D eigenvalue weighted by Crippen LogP contribution is -2.22. The Kier molecular flexibility index (Phi) is 4.20. The smallest absolute Gasteiger partial charge is 0.267 e. The van der Waals surface area contributed by atoms with E-state index in [0.717, 1.165) is 32.1 Å². The molecule has 0 aliphatic carbocycles. The lowest BCUT2D eigenvalue weighted by molar-refractivity contribution is 0.645. The molecule has 3 nitrogen and oxygen atoms in total. The van der Waals surface area contributed by atoms with Crippen molar-refractivity contribution in [2.75, 3.05) is 0 Å². The molecule has 0 amide bonds. The van der Waals surface area contributed by atoms with E-state index in [1.165, 1.54) is 4.68 Å². The van der Waals surface area contributed by atoms with Crippen LogP contribution in [0.5, 0.6) is 0 Å². The van der Waals surface area contributed by atoms with Gasteiger partial charge < -0.3 is 0 Å². The molecule has 0 atom stereocenters. The number of rotatable bonds is 3. The van der Waals surface area contributed by atoms with Crippen molar-refractivity contribution in [2.45, 2.75) is 6.54 Å². The standard InChI is InChI=1S/C21H15BrN2O/c22-18-10-8-16(9-11-18)20-12-13-21(25)24(23-20)14-17-6-3-5-15-4-1-2-7-19(15)17/h1-13H,14H2. The molecule has 25 heavy (non-hydrogen) atoms. The highest BCUT2D eigenvalue weighted by atomic mass is 79.9. The maximum atomic E-state index is 12.3. The van der Waals surface area contributed by atoms with E-state index in [1.54, 1.807) is 12.1 Å². The van der Waals surface area contributed by atoms with Gasteiger partial charge in [-0.3, -0.25) is 4.79 Å². The fourth-order valence-corrected chi connectivity index (χ4v) is 3.19. The van der Waals surface area contributed by atoms with Gasteiger partial charge in [0.25, 0.3) is 5.56 Å². The summed E-state index contributed by atoms with van der Waals surface area (Å²) in [6.07, 6.45) is 0. The summed E-state index contributed by atoms with van der Waals surface area (Å²) < 4.78 is 2.54. The molecule has 0 N–H and O–H groups in total. The highest BCUT2D eigenvalue weighted by molar-refractivity contribution is 9.10. The van der Waals surface area contributed by atoms with Crippen LogP contribution in [-0.4, -0.2) is 9.78 Å². The zero-order chi connectivity index (χ0) is 17.2. The second kappa shape index (κ2) is 6.65. The predicted octanol–water partition coefficient (Wildman–Crippen LogP) is 4.87. The molecule has 4 heteroatoms. The van der Waals surface area contributed by atoms with E-state index in [9.17, 15) is 4.79 Å². The summed E-state index contributed by atoms with van der Waals surface area (Å²) >= 11 is 3.44. The van der Waals surface area contributed by atoms with Crippen molar-refractivity contribution in [3.05, 3.63) is 99.3 Å². The van der Waals surface area contributed by atoms with Crippen LogP contribution >= 0.6 is 15.9 Å². The van der Waals surface area contributed by atoms with Gasteiger partial charge in [-0.05, 0) is 34.5 Å². The van der Waals surface area contributed by atoms with Gasteiger partial charge in [-0.1, -0.05) is 70.5 Å². The van der Waals surface area contributed by atoms with Gasteiger partial charge in [0.05, 0.1) is 12.2 Å². The molecule has 0 fully saturated rings. The fraction of sp³-hybridized carbons (Fsp3) is 0.0476. The van der Waals surface area contributed by atoms with Gasteiger partial charge in [-0.2, -0.15) is 5.10 Å². The minimum Gasteiger partial charge on any atom is -0.268 e. The normalized spacial score (nSPS) is 10.9. The summed E-state index contributed by atoms with van der Waals surface area (Å²) in [6.45, 7) is 0.449. The van der Waals surface area contributed by atoms with Crippen molar-refractivity contribution < 1.29 is 0 Å². The Hall–Kier alpha value is -2.72. The molecule has 0 saturated carbocycles. The molecular weight excluding hydrogens is 376 g/mol. The number of halogens is 1. The zero-order valence-corrected chi connectivity index (χ0v) is 15.0. The van der Waals surface area contributed by atoms with Crippen LogP contribution in [0, 0.1) is 0 Å². The van der Waals surface area contributed by atoms with E-state index >= 15 is 0 Å². The molecule has 4 rings (SSSR count). The van der Waals surface area contributed by atoms with E-state index in [-0.39, 0.29) is 5.56 Å². The summed E-state index contributed by atoms with van der Waals surface area (Å²) in [5, 5.41) is 6.87. The molecule has 0 radical (unpaired) electrons. The number of hydrogen-bond donors (Lipinski definition) is 0. The van der Waals surface area contributed by atoms with Crippen molar-refractivity contribution in [2.24, 2.45) is 0 Å². The van der Waals surface area contributed by atoms with Crippen molar-refractivity contribution in [1.82, 2.24) is 9.78 Å². The van der Waals surface area contributed by atoms with Crippen molar-refractivity contribution in [3.8, 4) is 11.3 Å². The average molecular weight is 391 g/mol. The Morgan fingerprint density at radius 3 is 2.44 bits per heavy atom. The first-order chi connectivity index (χ1) is 12.2. The van der Waals surface area contributed by atoms with Crippen LogP contribution in [-0.2, 0) is 6.54 Å². The third-order valence-electron chi connectivity index (χ3n) is 4.21. The second-order valence-electron chi connectivity index (χ2n) is 5.86. The first-order valence-electron chi connectivity index (χ1n) is 8.01. The summed E-state index contributed by atoms with van der Waals surface area (Å²) in [4.78, 5) is 12.3. The summed E-state index contributed by atoms with van der Waals surface area (Å²) in [5.74, 6) is 0. The SMILES string of the molecule is O=c1ccc(-c2ccc(Br)cc2)nn1Cc1cccc2ccccc12. The second-order valence-corrected chi connectivity index (χ2v) is 6.78. The van der Waals surface area contributed by atoms with E-state index in [4.69, 9.17) is 0 Å². The monoisotopic (exact) mass is 390 g/mol. The first-order valence-corrected chi connectivity index (χ1v) is 8.81. The zero-order valence-electron chi connectivity index (χ0n) is 13.4. The Balaban J connectivity index is 1.76. The molecule has 122 valence electrons. The quantitative estimate of drug-likeness (QED) is 0.499. The molecule has 0 saturated heterocycles. The van der Waals surface area contributed by atoms with Gasteiger partial charge in [-0.25, -0.2) is 4.68 Å².